The molecular formula is C16H23ClN4. The van der Waals surface area contributed by atoms with Crippen molar-refractivity contribution < 1.29 is 0 Å². The average Bonchev–Trinajstić information content (AvgIpc) is 2.85. The molecule has 0 aliphatic carbocycles. The molecule has 0 bridgehead atoms. The SMILES string of the molecule is CCCCc1nc(Cl)c(CN(C)C(C)c2cccnc2)[nH]1. The lowest BCUT2D eigenvalue weighted by molar-refractivity contribution is 0.250. The van der Waals surface area contributed by atoms with E-state index >= 15 is 0 Å². The van der Waals surface area contributed by atoms with E-state index in [2.05, 4.69) is 46.8 Å². The summed E-state index contributed by atoms with van der Waals surface area (Å²) in [5, 5.41) is 0.589. The summed E-state index contributed by atoms with van der Waals surface area (Å²) in [6.07, 6.45) is 6.94. The number of pyridine rings is 1. The van der Waals surface area contributed by atoms with Gasteiger partial charge in [-0.2, -0.15) is 0 Å². The van der Waals surface area contributed by atoms with Gasteiger partial charge in [0.05, 0.1) is 5.69 Å². The molecule has 5 heteroatoms. The zero-order chi connectivity index (χ0) is 15.2. The molecule has 21 heavy (non-hydrogen) atoms. The summed E-state index contributed by atoms with van der Waals surface area (Å²) >= 11 is 6.24. The summed E-state index contributed by atoms with van der Waals surface area (Å²) in [4.78, 5) is 14.2. The van der Waals surface area contributed by atoms with Gasteiger partial charge in [0.15, 0.2) is 5.15 Å². The van der Waals surface area contributed by atoms with Crippen LogP contribution in [0.2, 0.25) is 5.15 Å². The van der Waals surface area contributed by atoms with Crippen LogP contribution < -0.4 is 0 Å². The third-order valence-electron chi connectivity index (χ3n) is 3.78. The number of unbranched alkanes of at least 4 members (excludes halogenated alkanes) is 1. The van der Waals surface area contributed by atoms with E-state index in [0.717, 1.165) is 37.3 Å². The molecule has 0 amide bonds. The van der Waals surface area contributed by atoms with Crippen molar-refractivity contribution in [2.24, 2.45) is 0 Å². The van der Waals surface area contributed by atoms with Gasteiger partial charge in [0, 0.05) is 31.4 Å². The number of hydrogen-bond donors (Lipinski definition) is 1. The zero-order valence-electron chi connectivity index (χ0n) is 12.9. The molecule has 0 aliphatic heterocycles. The van der Waals surface area contributed by atoms with E-state index in [1.807, 2.05) is 12.3 Å². The summed E-state index contributed by atoms with van der Waals surface area (Å²) in [6, 6.07) is 4.33. The normalized spacial score (nSPS) is 12.8. The number of imidazole rings is 1. The van der Waals surface area contributed by atoms with Gasteiger partial charge in [-0.05, 0) is 32.0 Å². The predicted octanol–water partition coefficient (Wildman–Crippen LogP) is 3.99. The van der Waals surface area contributed by atoms with Crippen LogP contribution in [0.4, 0.5) is 0 Å². The molecule has 114 valence electrons. The van der Waals surface area contributed by atoms with Gasteiger partial charge in [-0.1, -0.05) is 31.0 Å². The number of aromatic amines is 1. The standard InChI is InChI=1S/C16H23ClN4/c1-4-5-8-15-19-14(16(17)20-15)11-21(3)12(2)13-7-6-9-18-10-13/h6-7,9-10,12H,4-5,8,11H2,1-3H3,(H,19,20). The summed E-state index contributed by atoms with van der Waals surface area (Å²) in [7, 11) is 2.08. The minimum absolute atomic E-state index is 0.275. The van der Waals surface area contributed by atoms with Gasteiger partial charge >= 0.3 is 0 Å². The minimum atomic E-state index is 0.275. The van der Waals surface area contributed by atoms with Crippen LogP contribution in [0.25, 0.3) is 0 Å². The number of H-pyrrole nitrogens is 1. The van der Waals surface area contributed by atoms with Gasteiger partial charge in [-0.15, -0.1) is 0 Å². The van der Waals surface area contributed by atoms with Gasteiger partial charge in [-0.3, -0.25) is 9.88 Å². The Kier molecular flexibility index (Phi) is 5.76. The number of nitrogens with one attached hydrogen (secondary N) is 1. The first kappa shape index (κ1) is 16.0. The predicted molar refractivity (Wildman–Crippen MR) is 86.3 cm³/mol. The molecule has 1 N–H and O–H groups in total. The third-order valence-corrected chi connectivity index (χ3v) is 4.09. The molecule has 0 radical (unpaired) electrons. The fraction of sp³-hybridized carbons (Fsp3) is 0.500. The quantitative estimate of drug-likeness (QED) is 0.841. The summed E-state index contributed by atoms with van der Waals surface area (Å²) in [5.74, 6) is 0.985. The lowest BCUT2D eigenvalue weighted by Gasteiger charge is -2.24. The smallest absolute Gasteiger partial charge is 0.151 e. The molecular weight excluding hydrogens is 284 g/mol. The topological polar surface area (TPSA) is 44.8 Å². The molecule has 0 spiro atoms. The molecule has 1 unspecified atom stereocenters. The highest BCUT2D eigenvalue weighted by Gasteiger charge is 2.15. The van der Waals surface area contributed by atoms with Crippen LogP contribution in [-0.2, 0) is 13.0 Å². The largest absolute Gasteiger partial charge is 0.344 e. The first-order chi connectivity index (χ1) is 10.1. The van der Waals surface area contributed by atoms with Crippen LogP contribution in [0.1, 0.15) is 49.8 Å². The Morgan fingerprint density at radius 2 is 2.24 bits per heavy atom. The minimum Gasteiger partial charge on any atom is -0.344 e. The van der Waals surface area contributed by atoms with E-state index in [9.17, 15) is 0 Å². The van der Waals surface area contributed by atoms with Gasteiger partial charge in [-0.25, -0.2) is 4.98 Å². The zero-order valence-corrected chi connectivity index (χ0v) is 13.7. The highest BCUT2D eigenvalue weighted by Crippen LogP contribution is 2.22. The van der Waals surface area contributed by atoms with Crippen LogP contribution in [0.5, 0.6) is 0 Å². The Morgan fingerprint density at radius 1 is 1.43 bits per heavy atom. The molecule has 0 fully saturated rings. The molecule has 2 heterocycles. The molecule has 4 nitrogen and oxygen atoms in total. The van der Waals surface area contributed by atoms with E-state index in [4.69, 9.17) is 11.6 Å². The van der Waals surface area contributed by atoms with Gasteiger partial charge in [0.2, 0.25) is 0 Å². The van der Waals surface area contributed by atoms with Crippen molar-refractivity contribution in [1.29, 1.82) is 0 Å². The number of halogens is 1. The van der Waals surface area contributed by atoms with E-state index in [0.29, 0.717) is 5.15 Å². The molecule has 1 atom stereocenters. The van der Waals surface area contributed by atoms with Crippen molar-refractivity contribution in [1.82, 2.24) is 19.9 Å². The van der Waals surface area contributed by atoms with Crippen LogP contribution in [0.3, 0.4) is 0 Å². The highest BCUT2D eigenvalue weighted by atomic mass is 35.5. The third kappa shape index (κ3) is 4.29. The van der Waals surface area contributed by atoms with Crippen molar-refractivity contribution in [2.75, 3.05) is 7.05 Å². The summed E-state index contributed by atoms with van der Waals surface area (Å²) in [6.45, 7) is 5.09. The number of aromatic nitrogens is 3. The number of nitrogens with zero attached hydrogens (tertiary/aromatic N) is 3. The molecule has 0 aromatic carbocycles. The van der Waals surface area contributed by atoms with Crippen molar-refractivity contribution >= 4 is 11.6 Å². The second-order valence-corrected chi connectivity index (χ2v) is 5.79. The van der Waals surface area contributed by atoms with Crippen LogP contribution in [0.15, 0.2) is 24.5 Å². The Morgan fingerprint density at radius 3 is 2.90 bits per heavy atom. The molecule has 2 aromatic rings. The monoisotopic (exact) mass is 306 g/mol. The number of rotatable bonds is 7. The Bertz CT molecular complexity index is 553. The summed E-state index contributed by atoms with van der Waals surface area (Å²) < 4.78 is 0. The number of hydrogen-bond acceptors (Lipinski definition) is 3. The van der Waals surface area contributed by atoms with Crippen molar-refractivity contribution in [3.05, 3.63) is 46.8 Å². The van der Waals surface area contributed by atoms with Crippen molar-refractivity contribution in [2.45, 2.75) is 45.7 Å². The van der Waals surface area contributed by atoms with E-state index in [-0.39, 0.29) is 6.04 Å². The Balaban J connectivity index is 2.02. The molecule has 2 aromatic heterocycles. The van der Waals surface area contributed by atoms with Crippen molar-refractivity contribution in [3.8, 4) is 0 Å². The average molecular weight is 307 g/mol. The maximum absolute atomic E-state index is 6.24. The lowest BCUT2D eigenvalue weighted by atomic mass is 10.1. The van der Waals surface area contributed by atoms with Gasteiger partial charge in [0.1, 0.15) is 5.82 Å². The maximum Gasteiger partial charge on any atom is 0.151 e. The number of aryl methyl sites for hydroxylation is 1. The van der Waals surface area contributed by atoms with Crippen molar-refractivity contribution in [3.63, 3.8) is 0 Å². The Hall–Kier alpha value is -1.39. The fourth-order valence-corrected chi connectivity index (χ4v) is 2.48. The lowest BCUT2D eigenvalue weighted by Crippen LogP contribution is -2.22. The van der Waals surface area contributed by atoms with Crippen LogP contribution in [-0.4, -0.2) is 26.9 Å². The van der Waals surface area contributed by atoms with E-state index in [1.165, 1.54) is 5.56 Å². The molecule has 2 rings (SSSR count). The molecule has 0 saturated heterocycles. The van der Waals surface area contributed by atoms with E-state index < -0.39 is 0 Å². The first-order valence-electron chi connectivity index (χ1n) is 7.45. The summed E-state index contributed by atoms with van der Waals surface area (Å²) in [5.41, 5.74) is 2.18. The molecule has 0 saturated carbocycles. The molecule has 0 aliphatic rings. The van der Waals surface area contributed by atoms with Crippen LogP contribution >= 0.6 is 11.6 Å². The highest BCUT2D eigenvalue weighted by molar-refractivity contribution is 6.30. The Labute approximate surface area is 131 Å². The van der Waals surface area contributed by atoms with E-state index in [1.54, 1.807) is 6.20 Å². The van der Waals surface area contributed by atoms with Gasteiger partial charge in [0.25, 0.3) is 0 Å². The fourth-order valence-electron chi connectivity index (χ4n) is 2.27. The van der Waals surface area contributed by atoms with Gasteiger partial charge < -0.3 is 4.98 Å². The second-order valence-electron chi connectivity index (χ2n) is 5.43. The first-order valence-corrected chi connectivity index (χ1v) is 7.83. The second kappa shape index (κ2) is 7.57. The maximum atomic E-state index is 6.24. The van der Waals surface area contributed by atoms with Crippen LogP contribution in [0, 0.1) is 0 Å².